The molecule has 0 aliphatic heterocycles. The third kappa shape index (κ3) is 8.73. The second-order valence-corrected chi connectivity index (χ2v) is 13.3. The second-order valence-electron chi connectivity index (χ2n) is 11.4. The zero-order chi connectivity index (χ0) is 32.6. The summed E-state index contributed by atoms with van der Waals surface area (Å²) in [5.41, 5.74) is 4.01. The van der Waals surface area contributed by atoms with Crippen molar-refractivity contribution in [1.82, 2.24) is 10.2 Å². The van der Waals surface area contributed by atoms with Gasteiger partial charge in [0, 0.05) is 19.0 Å². The molecule has 0 aromatic heterocycles. The maximum absolute atomic E-state index is 14.5. The van der Waals surface area contributed by atoms with Gasteiger partial charge in [0.15, 0.2) is 0 Å². The highest BCUT2D eigenvalue weighted by atomic mass is 32.2. The number of carbonyl (C=O) groups is 2. The molecule has 45 heavy (non-hydrogen) atoms. The van der Waals surface area contributed by atoms with Gasteiger partial charge in [-0.2, -0.15) is 0 Å². The van der Waals surface area contributed by atoms with Crippen molar-refractivity contribution >= 4 is 27.5 Å². The van der Waals surface area contributed by atoms with Crippen molar-refractivity contribution in [2.75, 3.05) is 18.0 Å². The quantitative estimate of drug-likeness (QED) is 0.206. The molecule has 0 saturated carbocycles. The number of amides is 2. The minimum absolute atomic E-state index is 0.0142. The second kappa shape index (κ2) is 14.9. The number of nitrogens with zero attached hydrogens (tertiary/aromatic N) is 2. The fourth-order valence-electron chi connectivity index (χ4n) is 5.06. The fraction of sp³-hybridized carbons (Fsp3) is 0.278. The van der Waals surface area contributed by atoms with Crippen LogP contribution in [0.3, 0.4) is 0 Å². The molecule has 0 fully saturated rings. The van der Waals surface area contributed by atoms with Gasteiger partial charge in [-0.3, -0.25) is 13.9 Å². The Hall–Kier alpha value is -4.63. The number of nitrogens with one attached hydrogen (secondary N) is 1. The van der Waals surface area contributed by atoms with Gasteiger partial charge < -0.3 is 15.0 Å². The number of carbonyl (C=O) groups excluding carboxylic acids is 2. The molecule has 0 aliphatic rings. The van der Waals surface area contributed by atoms with Crippen LogP contribution in [0.1, 0.15) is 36.1 Å². The summed E-state index contributed by atoms with van der Waals surface area (Å²) < 4.78 is 34.6. The molecule has 0 unspecified atom stereocenters. The number of aryl methyl sites for hydroxylation is 2. The maximum Gasteiger partial charge on any atom is 0.264 e. The van der Waals surface area contributed by atoms with E-state index in [4.69, 9.17) is 4.74 Å². The largest absolute Gasteiger partial charge is 0.497 e. The van der Waals surface area contributed by atoms with Crippen LogP contribution in [-0.4, -0.2) is 50.9 Å². The van der Waals surface area contributed by atoms with E-state index in [1.54, 1.807) is 36.4 Å². The number of sulfonamides is 1. The molecule has 4 aromatic carbocycles. The van der Waals surface area contributed by atoms with Gasteiger partial charge in [-0.1, -0.05) is 77.9 Å². The van der Waals surface area contributed by atoms with Gasteiger partial charge >= 0.3 is 0 Å². The summed E-state index contributed by atoms with van der Waals surface area (Å²) in [4.78, 5) is 29.8. The van der Waals surface area contributed by atoms with E-state index in [1.807, 2.05) is 82.3 Å². The van der Waals surface area contributed by atoms with Crippen molar-refractivity contribution in [2.24, 2.45) is 0 Å². The number of ether oxygens (including phenoxy) is 1. The fourth-order valence-corrected chi connectivity index (χ4v) is 6.47. The topological polar surface area (TPSA) is 96.0 Å². The molecule has 0 spiro atoms. The zero-order valence-corrected chi connectivity index (χ0v) is 27.3. The molecule has 9 heteroatoms. The molecule has 0 radical (unpaired) electrons. The molecular weight excluding hydrogens is 586 g/mol. The Bertz CT molecular complexity index is 1690. The lowest BCUT2D eigenvalue weighted by molar-refractivity contribution is -0.140. The first-order valence-corrected chi connectivity index (χ1v) is 16.3. The molecule has 0 bridgehead atoms. The average molecular weight is 628 g/mol. The molecule has 236 valence electrons. The van der Waals surface area contributed by atoms with E-state index in [2.05, 4.69) is 5.32 Å². The molecule has 1 atom stereocenters. The summed E-state index contributed by atoms with van der Waals surface area (Å²) >= 11 is 0. The number of methoxy groups -OCH3 is 1. The van der Waals surface area contributed by atoms with Crippen LogP contribution in [0.5, 0.6) is 5.75 Å². The van der Waals surface area contributed by atoms with E-state index in [1.165, 1.54) is 24.1 Å². The van der Waals surface area contributed by atoms with Gasteiger partial charge in [-0.25, -0.2) is 8.42 Å². The minimum atomic E-state index is -4.19. The van der Waals surface area contributed by atoms with Crippen LogP contribution in [0.15, 0.2) is 108 Å². The Morgan fingerprint density at radius 1 is 0.800 bits per heavy atom. The molecule has 4 aromatic rings. The molecular formula is C36H41N3O5S. The van der Waals surface area contributed by atoms with E-state index in [-0.39, 0.29) is 29.8 Å². The number of hydrogen-bond acceptors (Lipinski definition) is 5. The van der Waals surface area contributed by atoms with Gasteiger partial charge in [-0.05, 0) is 75.2 Å². The van der Waals surface area contributed by atoms with Gasteiger partial charge in [0.25, 0.3) is 10.0 Å². The van der Waals surface area contributed by atoms with Crippen LogP contribution in [0.25, 0.3) is 0 Å². The number of hydrogen-bond donors (Lipinski definition) is 1. The van der Waals surface area contributed by atoms with Crippen molar-refractivity contribution in [3.8, 4) is 5.75 Å². The van der Waals surface area contributed by atoms with Crippen LogP contribution >= 0.6 is 0 Å². The Kier molecular flexibility index (Phi) is 11.0. The maximum atomic E-state index is 14.5. The highest BCUT2D eigenvalue weighted by molar-refractivity contribution is 7.92. The Morgan fingerprint density at radius 3 is 2.04 bits per heavy atom. The standard InChI is InChI=1S/C36H41N3O5S/c1-26(2)37-36(41)34(23-29-11-7-6-8-12-29)38(24-30-13-9-10-28(4)22-30)35(40)25-39(31-16-14-27(3)15-17-31)45(42,43)33-20-18-32(44-5)19-21-33/h6-22,26,34H,23-25H2,1-5H3,(H,37,41)/t34-/m1/s1. The van der Waals surface area contributed by atoms with Gasteiger partial charge in [0.1, 0.15) is 18.3 Å². The van der Waals surface area contributed by atoms with E-state index < -0.39 is 28.5 Å². The van der Waals surface area contributed by atoms with E-state index in [0.717, 1.165) is 26.6 Å². The molecule has 8 nitrogen and oxygen atoms in total. The molecule has 0 heterocycles. The average Bonchev–Trinajstić information content (AvgIpc) is 3.02. The molecule has 0 aliphatic carbocycles. The van der Waals surface area contributed by atoms with Crippen molar-refractivity contribution < 1.29 is 22.7 Å². The summed E-state index contributed by atoms with van der Waals surface area (Å²) in [5.74, 6) is -0.306. The van der Waals surface area contributed by atoms with Crippen molar-refractivity contribution in [3.05, 3.63) is 125 Å². The summed E-state index contributed by atoms with van der Waals surface area (Å²) in [7, 11) is -2.69. The summed E-state index contributed by atoms with van der Waals surface area (Å²) in [6.07, 6.45) is 0.257. The number of anilines is 1. The number of benzene rings is 4. The lowest BCUT2D eigenvalue weighted by Crippen LogP contribution is -2.54. The summed E-state index contributed by atoms with van der Waals surface area (Å²) in [6.45, 7) is 7.21. The molecule has 4 rings (SSSR count). The van der Waals surface area contributed by atoms with Crippen LogP contribution < -0.4 is 14.4 Å². The SMILES string of the molecule is COc1ccc(S(=O)(=O)N(CC(=O)N(Cc2cccc(C)c2)[C@H](Cc2ccccc2)C(=O)NC(C)C)c2ccc(C)cc2)cc1. The van der Waals surface area contributed by atoms with E-state index in [0.29, 0.717) is 11.4 Å². The van der Waals surface area contributed by atoms with Gasteiger partial charge in [0.05, 0.1) is 17.7 Å². The van der Waals surface area contributed by atoms with Gasteiger partial charge in [-0.15, -0.1) is 0 Å². The number of rotatable bonds is 13. The zero-order valence-electron chi connectivity index (χ0n) is 26.4. The Balaban J connectivity index is 1.80. The summed E-state index contributed by atoms with van der Waals surface area (Å²) in [6, 6.07) is 29.2. The molecule has 1 N–H and O–H groups in total. The highest BCUT2D eigenvalue weighted by Crippen LogP contribution is 2.27. The predicted octanol–water partition coefficient (Wildman–Crippen LogP) is 5.67. The van der Waals surface area contributed by atoms with Crippen LogP contribution in [0.2, 0.25) is 0 Å². The van der Waals surface area contributed by atoms with E-state index in [9.17, 15) is 18.0 Å². The minimum Gasteiger partial charge on any atom is -0.497 e. The van der Waals surface area contributed by atoms with Gasteiger partial charge in [0.2, 0.25) is 11.8 Å². The summed E-state index contributed by atoms with van der Waals surface area (Å²) in [5, 5.41) is 2.98. The molecule has 2 amide bonds. The molecule has 0 saturated heterocycles. The Labute approximate surface area is 266 Å². The van der Waals surface area contributed by atoms with Crippen molar-refractivity contribution in [1.29, 1.82) is 0 Å². The van der Waals surface area contributed by atoms with Crippen molar-refractivity contribution in [2.45, 2.75) is 57.6 Å². The lowest BCUT2D eigenvalue weighted by atomic mass is 10.0. The van der Waals surface area contributed by atoms with Crippen LogP contribution in [0, 0.1) is 13.8 Å². The van der Waals surface area contributed by atoms with Crippen LogP contribution in [-0.2, 0) is 32.6 Å². The predicted molar refractivity (Wildman–Crippen MR) is 178 cm³/mol. The first kappa shape index (κ1) is 33.3. The first-order valence-electron chi connectivity index (χ1n) is 14.9. The monoisotopic (exact) mass is 627 g/mol. The lowest BCUT2D eigenvalue weighted by Gasteiger charge is -2.34. The van der Waals surface area contributed by atoms with Crippen LogP contribution in [0.4, 0.5) is 5.69 Å². The smallest absolute Gasteiger partial charge is 0.264 e. The third-order valence-electron chi connectivity index (χ3n) is 7.39. The van der Waals surface area contributed by atoms with E-state index >= 15 is 0 Å². The van der Waals surface area contributed by atoms with Crippen molar-refractivity contribution in [3.63, 3.8) is 0 Å². The normalized spacial score (nSPS) is 12.0. The Morgan fingerprint density at radius 2 is 1.44 bits per heavy atom. The first-order chi connectivity index (χ1) is 21.5. The highest BCUT2D eigenvalue weighted by Gasteiger charge is 2.34. The third-order valence-corrected chi connectivity index (χ3v) is 9.17.